The molecule has 8 heteroatoms. The molecule has 2 unspecified atom stereocenters. The van der Waals surface area contributed by atoms with Gasteiger partial charge in [-0.25, -0.2) is 9.59 Å². The lowest BCUT2D eigenvalue weighted by Crippen LogP contribution is -2.59. The Hall–Kier alpha value is -1.83. The van der Waals surface area contributed by atoms with E-state index in [2.05, 4.69) is 15.5 Å². The smallest absolute Gasteiger partial charge is 0.326 e. The first kappa shape index (κ1) is 14.6. The summed E-state index contributed by atoms with van der Waals surface area (Å²) in [4.78, 5) is 35.5. The van der Waals surface area contributed by atoms with Crippen molar-refractivity contribution >= 4 is 18.0 Å². The molecule has 0 aromatic heterocycles. The van der Waals surface area contributed by atoms with E-state index < -0.39 is 30.4 Å². The van der Waals surface area contributed by atoms with Crippen molar-refractivity contribution in [3.05, 3.63) is 0 Å². The molecular weight excluding hydrogens is 266 g/mol. The maximum Gasteiger partial charge on any atom is 0.326 e. The number of hydrogen-bond acceptors (Lipinski definition) is 4. The zero-order valence-electron chi connectivity index (χ0n) is 11.0. The van der Waals surface area contributed by atoms with Crippen LogP contribution in [0.4, 0.5) is 4.79 Å². The molecule has 8 nitrogen and oxygen atoms in total. The fourth-order valence-corrected chi connectivity index (χ4v) is 2.87. The molecule has 3 aliphatic heterocycles. The van der Waals surface area contributed by atoms with Crippen molar-refractivity contribution < 1.29 is 24.6 Å². The summed E-state index contributed by atoms with van der Waals surface area (Å²) >= 11 is 0. The summed E-state index contributed by atoms with van der Waals surface area (Å²) in [6, 6.07) is -2.01. The van der Waals surface area contributed by atoms with Crippen LogP contribution in [0.15, 0.2) is 0 Å². The van der Waals surface area contributed by atoms with E-state index in [1.807, 2.05) is 0 Å². The molecule has 3 aliphatic rings. The van der Waals surface area contributed by atoms with Gasteiger partial charge in [-0.05, 0) is 31.8 Å². The Morgan fingerprint density at radius 3 is 2.30 bits per heavy atom. The molecule has 3 heterocycles. The second kappa shape index (κ2) is 6.08. The first-order valence-corrected chi connectivity index (χ1v) is 6.69. The Balaban J connectivity index is 1.85. The summed E-state index contributed by atoms with van der Waals surface area (Å²) in [5, 5.41) is 22.4. The van der Waals surface area contributed by atoms with Crippen molar-refractivity contribution in [1.82, 2.24) is 15.5 Å². The van der Waals surface area contributed by atoms with Gasteiger partial charge < -0.3 is 25.7 Å². The minimum absolute atomic E-state index is 0.0109. The number of hydrogen-bond donors (Lipinski definition) is 4. The molecule has 2 atom stereocenters. The van der Waals surface area contributed by atoms with Crippen molar-refractivity contribution in [2.45, 2.75) is 31.3 Å². The first-order valence-electron chi connectivity index (χ1n) is 6.69. The number of amides is 2. The molecule has 3 fully saturated rings. The van der Waals surface area contributed by atoms with E-state index >= 15 is 0 Å². The highest BCUT2D eigenvalue weighted by Gasteiger charge is 2.35. The lowest BCUT2D eigenvalue weighted by molar-refractivity contribution is -0.145. The molecule has 20 heavy (non-hydrogen) atoms. The van der Waals surface area contributed by atoms with Gasteiger partial charge >= 0.3 is 18.0 Å². The monoisotopic (exact) mass is 285 g/mol. The Bertz CT molecular complexity index is 406. The number of aliphatic carboxylic acids is 2. The van der Waals surface area contributed by atoms with Gasteiger partial charge in [-0.2, -0.15) is 0 Å². The van der Waals surface area contributed by atoms with Crippen LogP contribution in [-0.4, -0.2) is 64.8 Å². The molecule has 4 N–H and O–H groups in total. The quantitative estimate of drug-likeness (QED) is 0.531. The Morgan fingerprint density at radius 2 is 1.85 bits per heavy atom. The van der Waals surface area contributed by atoms with Gasteiger partial charge in [-0.1, -0.05) is 0 Å². The van der Waals surface area contributed by atoms with Crippen LogP contribution < -0.4 is 10.6 Å². The number of urea groups is 1. The number of carbonyl (C=O) groups is 3. The molecule has 0 saturated carbocycles. The van der Waals surface area contributed by atoms with Crippen LogP contribution in [0.1, 0.15) is 19.3 Å². The van der Waals surface area contributed by atoms with Crippen LogP contribution in [0.3, 0.4) is 0 Å². The number of rotatable bonds is 5. The van der Waals surface area contributed by atoms with E-state index in [0.29, 0.717) is 5.92 Å². The average molecular weight is 285 g/mol. The normalized spacial score (nSPS) is 29.5. The van der Waals surface area contributed by atoms with E-state index in [1.54, 1.807) is 0 Å². The molecule has 0 aromatic carbocycles. The molecule has 0 aromatic rings. The number of piperidine rings is 3. The van der Waals surface area contributed by atoms with Crippen LogP contribution in [0.2, 0.25) is 0 Å². The highest BCUT2D eigenvalue weighted by atomic mass is 16.4. The minimum atomic E-state index is -1.41. The van der Waals surface area contributed by atoms with Crippen molar-refractivity contribution in [2.24, 2.45) is 5.92 Å². The van der Waals surface area contributed by atoms with Crippen LogP contribution in [-0.2, 0) is 9.59 Å². The molecule has 112 valence electrons. The summed E-state index contributed by atoms with van der Waals surface area (Å²) in [7, 11) is 0. The fourth-order valence-electron chi connectivity index (χ4n) is 2.87. The predicted octanol–water partition coefficient (Wildman–Crippen LogP) is -0.692. The zero-order chi connectivity index (χ0) is 14.7. The maximum absolute atomic E-state index is 11.8. The minimum Gasteiger partial charge on any atom is -0.481 e. The SMILES string of the molecule is O=C(O)CC(NC(=O)NC1CN2CCC1CC2)C(=O)O. The van der Waals surface area contributed by atoms with Gasteiger partial charge in [0.2, 0.25) is 0 Å². The van der Waals surface area contributed by atoms with Crippen molar-refractivity contribution in [1.29, 1.82) is 0 Å². The highest BCUT2D eigenvalue weighted by Crippen LogP contribution is 2.27. The molecule has 2 bridgehead atoms. The number of nitrogens with one attached hydrogen (secondary N) is 2. The molecule has 0 radical (unpaired) electrons. The van der Waals surface area contributed by atoms with Gasteiger partial charge in [-0.3, -0.25) is 4.79 Å². The summed E-state index contributed by atoms with van der Waals surface area (Å²) in [6.07, 6.45) is 1.42. The van der Waals surface area contributed by atoms with Crippen molar-refractivity contribution in [3.8, 4) is 0 Å². The molecule has 0 aliphatic carbocycles. The summed E-state index contributed by atoms with van der Waals surface area (Å²) in [5.41, 5.74) is 0. The third kappa shape index (κ3) is 3.60. The van der Waals surface area contributed by atoms with Crippen LogP contribution in [0, 0.1) is 5.92 Å². The molecule has 3 saturated heterocycles. The van der Waals surface area contributed by atoms with Crippen molar-refractivity contribution in [2.75, 3.05) is 19.6 Å². The molecule has 3 rings (SSSR count). The van der Waals surface area contributed by atoms with E-state index in [0.717, 1.165) is 32.5 Å². The van der Waals surface area contributed by atoms with Gasteiger partial charge in [0.15, 0.2) is 0 Å². The number of carbonyl (C=O) groups excluding carboxylic acids is 1. The third-order valence-corrected chi connectivity index (χ3v) is 3.95. The Labute approximate surface area is 116 Å². The lowest BCUT2D eigenvalue weighted by atomic mass is 9.84. The number of fused-ring (bicyclic) bond motifs is 3. The van der Waals surface area contributed by atoms with Gasteiger partial charge in [0.25, 0.3) is 0 Å². The standard InChI is InChI=1S/C12H19N3O5/c16-10(17)5-8(11(18)19)13-12(20)14-9-6-15-3-1-7(9)2-4-15/h7-9H,1-6H2,(H,16,17)(H,18,19)(H2,13,14,20). The average Bonchev–Trinajstić information content (AvgIpc) is 2.38. The number of carboxylic acid groups (broad SMARTS) is 2. The first-order chi connectivity index (χ1) is 9.45. The molecular formula is C12H19N3O5. The van der Waals surface area contributed by atoms with E-state index in [4.69, 9.17) is 10.2 Å². The number of nitrogens with zero attached hydrogens (tertiary/aromatic N) is 1. The van der Waals surface area contributed by atoms with E-state index in [9.17, 15) is 14.4 Å². The lowest BCUT2D eigenvalue weighted by Gasteiger charge is -2.44. The Kier molecular flexibility index (Phi) is 4.43. The second-order valence-corrected chi connectivity index (χ2v) is 5.35. The van der Waals surface area contributed by atoms with E-state index in [-0.39, 0.29) is 6.04 Å². The Morgan fingerprint density at radius 1 is 1.20 bits per heavy atom. The highest BCUT2D eigenvalue weighted by molar-refractivity contribution is 5.86. The van der Waals surface area contributed by atoms with Gasteiger partial charge in [0.1, 0.15) is 6.04 Å². The van der Waals surface area contributed by atoms with Gasteiger partial charge in [-0.15, -0.1) is 0 Å². The fraction of sp³-hybridized carbons (Fsp3) is 0.750. The topological polar surface area (TPSA) is 119 Å². The van der Waals surface area contributed by atoms with Crippen LogP contribution in [0.25, 0.3) is 0 Å². The summed E-state index contributed by atoms with van der Waals surface area (Å²) in [6.45, 7) is 2.86. The summed E-state index contributed by atoms with van der Waals surface area (Å²) < 4.78 is 0. The summed E-state index contributed by atoms with van der Waals surface area (Å²) in [5.74, 6) is -2.19. The largest absolute Gasteiger partial charge is 0.481 e. The second-order valence-electron chi connectivity index (χ2n) is 5.35. The third-order valence-electron chi connectivity index (χ3n) is 3.95. The van der Waals surface area contributed by atoms with Crippen molar-refractivity contribution in [3.63, 3.8) is 0 Å². The van der Waals surface area contributed by atoms with Crippen LogP contribution in [0.5, 0.6) is 0 Å². The predicted molar refractivity (Wildman–Crippen MR) is 68.3 cm³/mol. The molecule has 0 spiro atoms. The molecule has 2 amide bonds. The zero-order valence-corrected chi connectivity index (χ0v) is 11.0. The van der Waals surface area contributed by atoms with E-state index in [1.165, 1.54) is 0 Å². The van der Waals surface area contributed by atoms with Gasteiger partial charge in [0, 0.05) is 12.6 Å². The van der Waals surface area contributed by atoms with Crippen LogP contribution >= 0.6 is 0 Å². The maximum atomic E-state index is 11.8. The number of carboxylic acids is 2. The van der Waals surface area contributed by atoms with Gasteiger partial charge in [0.05, 0.1) is 6.42 Å².